The van der Waals surface area contributed by atoms with Crippen LogP contribution in [0.3, 0.4) is 0 Å². The van der Waals surface area contributed by atoms with Crippen molar-refractivity contribution in [2.24, 2.45) is 10.1 Å². The summed E-state index contributed by atoms with van der Waals surface area (Å²) < 4.78 is 6.14. The van der Waals surface area contributed by atoms with Crippen LogP contribution in [0.4, 0.5) is 0 Å². The third kappa shape index (κ3) is 3.05. The van der Waals surface area contributed by atoms with E-state index < -0.39 is 0 Å². The first-order chi connectivity index (χ1) is 8.74. The quantitative estimate of drug-likeness (QED) is 0.928. The Morgan fingerprint density at radius 2 is 2.39 bits per heavy atom. The first-order valence-electron chi connectivity index (χ1n) is 5.58. The van der Waals surface area contributed by atoms with Crippen LogP contribution in [0.5, 0.6) is 5.75 Å². The highest BCUT2D eigenvalue weighted by molar-refractivity contribution is 9.10. The average Bonchev–Trinajstić information content (AvgIpc) is 2.40. The number of aliphatic imine (C=N–C) groups is 1. The van der Waals surface area contributed by atoms with Gasteiger partial charge in [-0.2, -0.15) is 5.10 Å². The van der Waals surface area contributed by atoms with Gasteiger partial charge in [-0.3, -0.25) is 10.4 Å². The summed E-state index contributed by atoms with van der Waals surface area (Å²) in [7, 11) is 1.66. The molecule has 0 aromatic heterocycles. The smallest absolute Gasteiger partial charge is 0.177 e. The van der Waals surface area contributed by atoms with E-state index in [1.54, 1.807) is 18.9 Å². The van der Waals surface area contributed by atoms with Crippen LogP contribution in [-0.2, 0) is 0 Å². The summed E-state index contributed by atoms with van der Waals surface area (Å²) in [5, 5.41) is 5.23. The first kappa shape index (κ1) is 13.4. The van der Waals surface area contributed by atoms with Crippen molar-refractivity contribution in [3.05, 3.63) is 28.2 Å². The molecule has 1 heterocycles. The number of halogens is 1. The van der Waals surface area contributed by atoms with Gasteiger partial charge in [-0.1, -0.05) is 11.8 Å². The SMILES string of the molecule is CCN=C1NN=C(c2ccc(OC)c(Br)c2)CS1. The van der Waals surface area contributed by atoms with Crippen molar-refractivity contribution in [2.45, 2.75) is 6.92 Å². The molecule has 1 aliphatic rings. The van der Waals surface area contributed by atoms with Crippen molar-refractivity contribution < 1.29 is 4.74 Å². The summed E-state index contributed by atoms with van der Waals surface area (Å²) in [6, 6.07) is 5.96. The number of benzene rings is 1. The standard InChI is InChI=1S/C12H14BrN3OS/c1-3-14-12-16-15-10(7-18-12)8-4-5-11(17-2)9(13)6-8/h4-6H,3,7H2,1-2H3,(H,14,16). The number of ether oxygens (including phenoxy) is 1. The van der Waals surface area contributed by atoms with Crippen LogP contribution in [0.1, 0.15) is 12.5 Å². The number of hydrazone groups is 1. The second-order valence-electron chi connectivity index (χ2n) is 3.59. The van der Waals surface area contributed by atoms with Crippen LogP contribution in [0, 0.1) is 0 Å². The van der Waals surface area contributed by atoms with Gasteiger partial charge in [-0.25, -0.2) is 0 Å². The van der Waals surface area contributed by atoms with Crippen LogP contribution in [0.2, 0.25) is 0 Å². The summed E-state index contributed by atoms with van der Waals surface area (Å²) >= 11 is 5.15. The maximum absolute atomic E-state index is 5.21. The number of thioether (sulfide) groups is 1. The molecule has 0 spiro atoms. The molecule has 1 aromatic rings. The lowest BCUT2D eigenvalue weighted by Crippen LogP contribution is -2.25. The van der Waals surface area contributed by atoms with E-state index in [0.717, 1.165) is 39.0 Å². The average molecular weight is 328 g/mol. The fourth-order valence-corrected chi connectivity index (χ4v) is 2.91. The lowest BCUT2D eigenvalue weighted by atomic mass is 10.1. The van der Waals surface area contributed by atoms with Crippen molar-refractivity contribution in [3.63, 3.8) is 0 Å². The number of amidine groups is 1. The fraction of sp³-hybridized carbons (Fsp3) is 0.333. The van der Waals surface area contributed by atoms with Gasteiger partial charge in [-0.15, -0.1) is 0 Å². The van der Waals surface area contributed by atoms with Gasteiger partial charge in [-0.05, 0) is 46.6 Å². The van der Waals surface area contributed by atoms with E-state index in [9.17, 15) is 0 Å². The van der Waals surface area contributed by atoms with Crippen molar-refractivity contribution >= 4 is 38.6 Å². The molecule has 0 atom stereocenters. The molecule has 18 heavy (non-hydrogen) atoms. The molecular formula is C12H14BrN3OS. The van der Waals surface area contributed by atoms with E-state index in [1.807, 2.05) is 25.1 Å². The molecule has 1 aliphatic heterocycles. The Hall–Kier alpha value is -1.01. The molecule has 4 nitrogen and oxygen atoms in total. The van der Waals surface area contributed by atoms with Gasteiger partial charge in [0.25, 0.3) is 0 Å². The Morgan fingerprint density at radius 1 is 1.56 bits per heavy atom. The maximum Gasteiger partial charge on any atom is 0.177 e. The van der Waals surface area contributed by atoms with Gasteiger partial charge in [0.15, 0.2) is 5.17 Å². The lowest BCUT2D eigenvalue weighted by molar-refractivity contribution is 0.412. The zero-order valence-electron chi connectivity index (χ0n) is 10.2. The maximum atomic E-state index is 5.21. The highest BCUT2D eigenvalue weighted by atomic mass is 79.9. The minimum absolute atomic E-state index is 0.772. The third-order valence-corrected chi connectivity index (χ3v) is 3.95. The molecular weight excluding hydrogens is 314 g/mol. The van der Waals surface area contributed by atoms with E-state index in [4.69, 9.17) is 4.74 Å². The molecule has 1 aromatic carbocycles. The summed E-state index contributed by atoms with van der Waals surface area (Å²) in [4.78, 5) is 4.29. The summed E-state index contributed by atoms with van der Waals surface area (Å²) in [5.41, 5.74) is 5.07. The second kappa shape index (κ2) is 6.24. The molecule has 2 rings (SSSR count). The zero-order valence-corrected chi connectivity index (χ0v) is 12.6. The van der Waals surface area contributed by atoms with E-state index >= 15 is 0 Å². The van der Waals surface area contributed by atoms with Gasteiger partial charge in [0.05, 0.1) is 17.3 Å². The van der Waals surface area contributed by atoms with E-state index in [0.29, 0.717) is 0 Å². The van der Waals surface area contributed by atoms with E-state index in [1.165, 1.54) is 0 Å². The molecule has 0 saturated heterocycles. The number of nitrogens with one attached hydrogen (secondary N) is 1. The minimum atomic E-state index is 0.772. The first-order valence-corrected chi connectivity index (χ1v) is 7.36. The van der Waals surface area contributed by atoms with Gasteiger partial charge in [0.2, 0.25) is 0 Å². The zero-order chi connectivity index (χ0) is 13.0. The molecule has 1 N–H and O–H groups in total. The van der Waals surface area contributed by atoms with Crippen LogP contribution in [-0.4, -0.2) is 30.3 Å². The Labute approximate surface area is 119 Å². The van der Waals surface area contributed by atoms with Gasteiger partial charge >= 0.3 is 0 Å². The Balaban J connectivity index is 2.18. The highest BCUT2D eigenvalue weighted by Crippen LogP contribution is 2.26. The predicted molar refractivity (Wildman–Crippen MR) is 80.8 cm³/mol. The van der Waals surface area contributed by atoms with Crippen molar-refractivity contribution in [2.75, 3.05) is 19.4 Å². The minimum Gasteiger partial charge on any atom is -0.496 e. The number of rotatable bonds is 3. The molecule has 96 valence electrons. The second-order valence-corrected chi connectivity index (χ2v) is 5.41. The number of nitrogens with zero attached hydrogens (tertiary/aromatic N) is 2. The van der Waals surface area contributed by atoms with Crippen LogP contribution < -0.4 is 10.2 Å². The van der Waals surface area contributed by atoms with Gasteiger partial charge in [0, 0.05) is 12.3 Å². The Kier molecular flexibility index (Phi) is 4.66. The Morgan fingerprint density at radius 3 is 2.94 bits per heavy atom. The molecule has 0 unspecified atom stereocenters. The van der Waals surface area contributed by atoms with E-state index in [-0.39, 0.29) is 0 Å². The Bertz CT molecular complexity index is 502. The predicted octanol–water partition coefficient (Wildman–Crippen LogP) is 2.87. The van der Waals surface area contributed by atoms with Crippen LogP contribution >= 0.6 is 27.7 Å². The van der Waals surface area contributed by atoms with Gasteiger partial charge in [0.1, 0.15) is 5.75 Å². The van der Waals surface area contributed by atoms with Crippen LogP contribution in [0.25, 0.3) is 0 Å². The molecule has 0 fully saturated rings. The van der Waals surface area contributed by atoms with Gasteiger partial charge < -0.3 is 4.74 Å². The molecule has 0 saturated carbocycles. The largest absolute Gasteiger partial charge is 0.496 e. The lowest BCUT2D eigenvalue weighted by Gasteiger charge is -2.15. The summed E-state index contributed by atoms with van der Waals surface area (Å²) in [6.07, 6.45) is 0. The van der Waals surface area contributed by atoms with Crippen molar-refractivity contribution in [1.82, 2.24) is 5.43 Å². The van der Waals surface area contributed by atoms with Crippen LogP contribution in [0.15, 0.2) is 32.8 Å². The van der Waals surface area contributed by atoms with Crippen molar-refractivity contribution in [3.8, 4) is 5.75 Å². The topological polar surface area (TPSA) is 46.0 Å². The summed E-state index contributed by atoms with van der Waals surface area (Å²) in [6.45, 7) is 2.78. The molecule has 0 radical (unpaired) electrons. The number of hydrogen-bond donors (Lipinski definition) is 1. The molecule has 6 heteroatoms. The fourth-order valence-electron chi connectivity index (χ4n) is 1.53. The third-order valence-electron chi connectivity index (χ3n) is 2.42. The number of methoxy groups -OCH3 is 1. The van der Waals surface area contributed by atoms with Crippen molar-refractivity contribution in [1.29, 1.82) is 0 Å². The number of hydrogen-bond acceptors (Lipinski definition) is 4. The molecule has 0 aliphatic carbocycles. The summed E-state index contributed by atoms with van der Waals surface area (Å²) in [5.74, 6) is 1.65. The normalized spacial score (nSPS) is 17.3. The molecule has 0 amide bonds. The molecule has 0 bridgehead atoms. The van der Waals surface area contributed by atoms with E-state index in [2.05, 4.69) is 31.4 Å². The highest BCUT2D eigenvalue weighted by Gasteiger charge is 2.13. The monoisotopic (exact) mass is 327 g/mol.